The van der Waals surface area contributed by atoms with Crippen LogP contribution in [0.15, 0.2) is 12.1 Å². The second kappa shape index (κ2) is 7.81. The smallest absolute Gasteiger partial charge is 0.243 e. The predicted molar refractivity (Wildman–Crippen MR) is 129 cm³/mol. The number of likely N-dealkylation sites (N-methyl/N-ethyl adjacent to an activating group) is 1. The molecule has 2 N–H and O–H groups in total. The van der Waals surface area contributed by atoms with Gasteiger partial charge in [-0.2, -0.15) is 5.10 Å². The minimum absolute atomic E-state index is 0.0393. The Bertz CT molecular complexity index is 1250. The summed E-state index contributed by atoms with van der Waals surface area (Å²) in [6.07, 6.45) is 3.48. The van der Waals surface area contributed by atoms with E-state index in [9.17, 15) is 4.79 Å². The molecule has 3 heterocycles. The number of hydrogen-bond donors (Lipinski definition) is 2. The molecular formula is C25H32N6O3. The lowest BCUT2D eigenvalue weighted by molar-refractivity contribution is -0.124. The van der Waals surface area contributed by atoms with Gasteiger partial charge in [0.15, 0.2) is 5.82 Å². The number of benzene rings is 1. The lowest BCUT2D eigenvalue weighted by atomic mass is 9.54. The van der Waals surface area contributed by atoms with Crippen molar-refractivity contribution in [1.29, 1.82) is 0 Å². The van der Waals surface area contributed by atoms with Crippen LogP contribution in [0.3, 0.4) is 0 Å². The maximum Gasteiger partial charge on any atom is 0.243 e. The first-order valence-corrected chi connectivity index (χ1v) is 12.1. The third-order valence-corrected chi connectivity index (χ3v) is 8.02. The maximum atomic E-state index is 13.3. The van der Waals surface area contributed by atoms with E-state index in [2.05, 4.69) is 27.0 Å². The summed E-state index contributed by atoms with van der Waals surface area (Å²) in [5, 5.41) is 7.91. The highest BCUT2D eigenvalue weighted by Crippen LogP contribution is 2.59. The van der Waals surface area contributed by atoms with Gasteiger partial charge in [-0.25, -0.2) is 4.98 Å². The lowest BCUT2D eigenvalue weighted by Crippen LogP contribution is -2.50. The molecule has 9 heteroatoms. The second-order valence-electron chi connectivity index (χ2n) is 10.4. The Hall–Kier alpha value is -2.91. The molecule has 1 atom stereocenters. The number of aromatic nitrogens is 4. The molecule has 4 aliphatic rings. The van der Waals surface area contributed by atoms with E-state index >= 15 is 0 Å². The Morgan fingerprint density at radius 2 is 2.09 bits per heavy atom. The molecule has 34 heavy (non-hydrogen) atoms. The van der Waals surface area contributed by atoms with Gasteiger partial charge in [-0.05, 0) is 43.6 Å². The quantitative estimate of drug-likeness (QED) is 0.602. The van der Waals surface area contributed by atoms with Crippen LogP contribution in [0.5, 0.6) is 5.75 Å². The van der Waals surface area contributed by atoms with Crippen molar-refractivity contribution in [3.8, 4) is 17.3 Å². The Morgan fingerprint density at radius 1 is 1.32 bits per heavy atom. The van der Waals surface area contributed by atoms with Gasteiger partial charge in [0.25, 0.3) is 0 Å². The van der Waals surface area contributed by atoms with Crippen molar-refractivity contribution in [1.82, 2.24) is 25.1 Å². The van der Waals surface area contributed by atoms with Crippen LogP contribution in [0.2, 0.25) is 0 Å². The van der Waals surface area contributed by atoms with Gasteiger partial charge in [-0.15, -0.1) is 0 Å². The van der Waals surface area contributed by atoms with Crippen molar-refractivity contribution in [2.75, 3.05) is 45.4 Å². The zero-order valence-electron chi connectivity index (χ0n) is 20.3. The lowest BCUT2D eigenvalue weighted by Gasteiger charge is -2.50. The largest absolute Gasteiger partial charge is 0.494 e. The molecule has 1 aromatic carbocycles. The topological polar surface area (TPSA) is 99.4 Å². The normalized spacial score (nSPS) is 25.0. The van der Waals surface area contributed by atoms with Crippen molar-refractivity contribution < 1.29 is 14.3 Å². The van der Waals surface area contributed by atoms with E-state index in [0.29, 0.717) is 30.3 Å². The van der Waals surface area contributed by atoms with Crippen molar-refractivity contribution in [2.45, 2.75) is 45.1 Å². The fourth-order valence-electron chi connectivity index (χ4n) is 6.11. The minimum atomic E-state index is -0.225. The summed E-state index contributed by atoms with van der Waals surface area (Å²) in [6.45, 7) is 7.17. The van der Waals surface area contributed by atoms with E-state index in [1.807, 2.05) is 26.1 Å². The molecule has 7 rings (SSSR count). The highest BCUT2D eigenvalue weighted by atomic mass is 16.5. The number of morpholine rings is 1. The van der Waals surface area contributed by atoms with Crippen LogP contribution < -0.4 is 9.64 Å². The zero-order valence-corrected chi connectivity index (χ0v) is 20.3. The number of carbonyl (C=O) groups excluding carboxylic acids is 1. The number of nitrogens with one attached hydrogen (secondary N) is 2. The summed E-state index contributed by atoms with van der Waals surface area (Å²) in [4.78, 5) is 25.5. The standard InChI is InChI=1S/C25H32N6O3/c1-14(31-5-7-34-8-6-31)24(32)30(3)16-9-17-21(19(10-16)33-4)27-23(26-17)22-20-15-11-25(2,12-15)13-18(20)28-29-22/h9-10,14-15H,5-8,11-13H2,1-4H3,(H,26,27)(H,28,29)/t14-,15?,25?/m0/s1. The Balaban J connectivity index is 1.33. The van der Waals surface area contributed by atoms with Crippen molar-refractivity contribution in [2.24, 2.45) is 5.41 Å². The molecule has 3 aromatic rings. The molecular weight excluding hydrogens is 432 g/mol. The van der Waals surface area contributed by atoms with Crippen LogP contribution in [0.25, 0.3) is 22.6 Å². The molecule has 0 unspecified atom stereocenters. The molecule has 1 saturated carbocycles. The first-order chi connectivity index (χ1) is 16.4. The van der Waals surface area contributed by atoms with Gasteiger partial charge >= 0.3 is 0 Å². The number of methoxy groups -OCH3 is 1. The number of rotatable bonds is 5. The monoisotopic (exact) mass is 464 g/mol. The number of aromatic amines is 2. The van der Waals surface area contributed by atoms with Gasteiger partial charge in [0.05, 0.1) is 31.9 Å². The third kappa shape index (κ3) is 3.32. The van der Waals surface area contributed by atoms with Crippen LogP contribution in [0, 0.1) is 5.41 Å². The number of H-pyrrole nitrogens is 2. The summed E-state index contributed by atoms with van der Waals surface area (Å²) >= 11 is 0. The van der Waals surface area contributed by atoms with E-state index in [1.54, 1.807) is 12.0 Å². The average Bonchev–Trinajstić information content (AvgIpc) is 3.46. The van der Waals surface area contributed by atoms with Gasteiger partial charge in [0.1, 0.15) is 17.0 Å². The van der Waals surface area contributed by atoms with Crippen molar-refractivity contribution in [3.05, 3.63) is 23.4 Å². The summed E-state index contributed by atoms with van der Waals surface area (Å²) in [6, 6.07) is 3.63. The Morgan fingerprint density at radius 3 is 2.82 bits per heavy atom. The molecule has 0 spiro atoms. The molecule has 3 aliphatic carbocycles. The first-order valence-electron chi connectivity index (χ1n) is 12.1. The number of ether oxygens (including phenoxy) is 2. The van der Waals surface area contributed by atoms with Crippen molar-refractivity contribution in [3.63, 3.8) is 0 Å². The van der Waals surface area contributed by atoms with Crippen LogP contribution in [-0.2, 0) is 16.0 Å². The fourth-order valence-corrected chi connectivity index (χ4v) is 6.11. The molecule has 9 nitrogen and oxygen atoms in total. The molecule has 2 bridgehead atoms. The average molecular weight is 465 g/mol. The van der Waals surface area contributed by atoms with E-state index in [4.69, 9.17) is 14.5 Å². The number of amides is 1. The van der Waals surface area contributed by atoms with Crippen LogP contribution in [-0.4, -0.2) is 77.5 Å². The predicted octanol–water partition coefficient (Wildman–Crippen LogP) is 3.08. The number of fused-ring (bicyclic) bond motifs is 1. The third-order valence-electron chi connectivity index (χ3n) is 8.02. The van der Waals surface area contributed by atoms with Gasteiger partial charge in [0.2, 0.25) is 5.91 Å². The minimum Gasteiger partial charge on any atom is -0.494 e. The SMILES string of the molecule is COc1cc(N(C)C(=O)[C@H](C)N2CCOCC2)cc2[nH]c(-c3n[nH]c4c3C3CC(C)(C4)C3)nc12. The van der Waals surface area contributed by atoms with Crippen LogP contribution in [0.1, 0.15) is 43.9 Å². The van der Waals surface area contributed by atoms with Gasteiger partial charge in [-0.3, -0.25) is 14.8 Å². The number of hydrogen-bond acceptors (Lipinski definition) is 6. The first kappa shape index (κ1) is 21.6. The number of imidazole rings is 1. The van der Waals surface area contributed by atoms with Crippen molar-refractivity contribution >= 4 is 22.6 Å². The molecule has 1 aliphatic heterocycles. The van der Waals surface area contributed by atoms with Crippen LogP contribution in [0.4, 0.5) is 5.69 Å². The van der Waals surface area contributed by atoms with Crippen LogP contribution >= 0.6 is 0 Å². The fraction of sp³-hybridized carbons (Fsp3) is 0.560. The molecule has 2 aromatic heterocycles. The maximum absolute atomic E-state index is 13.3. The summed E-state index contributed by atoms with van der Waals surface area (Å²) in [5.74, 6) is 1.97. The van der Waals surface area contributed by atoms with Gasteiger partial charge < -0.3 is 19.4 Å². The van der Waals surface area contributed by atoms with Gasteiger partial charge in [-0.1, -0.05) is 6.92 Å². The number of anilines is 1. The molecule has 180 valence electrons. The highest BCUT2D eigenvalue weighted by molar-refractivity contribution is 5.99. The molecule has 0 radical (unpaired) electrons. The Labute approximate surface area is 198 Å². The molecule has 1 saturated heterocycles. The van der Waals surface area contributed by atoms with E-state index in [-0.39, 0.29) is 11.9 Å². The summed E-state index contributed by atoms with van der Waals surface area (Å²) in [7, 11) is 3.45. The number of nitrogens with zero attached hydrogens (tertiary/aromatic N) is 4. The Kier molecular flexibility index (Phi) is 4.97. The van der Waals surface area contributed by atoms with E-state index in [1.165, 1.54) is 24.1 Å². The molecule has 2 fully saturated rings. The van der Waals surface area contributed by atoms with E-state index < -0.39 is 0 Å². The summed E-state index contributed by atoms with van der Waals surface area (Å²) in [5.41, 5.74) is 6.23. The number of carbonyl (C=O) groups is 1. The van der Waals surface area contributed by atoms with E-state index in [0.717, 1.165) is 47.7 Å². The second-order valence-corrected chi connectivity index (χ2v) is 10.4. The van der Waals surface area contributed by atoms with Gasteiger partial charge in [0, 0.05) is 43.1 Å². The zero-order chi connectivity index (χ0) is 23.6. The molecule has 1 amide bonds. The summed E-state index contributed by atoms with van der Waals surface area (Å²) < 4.78 is 11.1. The highest BCUT2D eigenvalue weighted by Gasteiger charge is 2.48.